The zero-order chi connectivity index (χ0) is 27.9. The van der Waals surface area contributed by atoms with E-state index in [-0.39, 0.29) is 28.5 Å². The highest BCUT2D eigenvalue weighted by molar-refractivity contribution is 7.92. The average Bonchev–Trinajstić information content (AvgIpc) is 3.06. The lowest BCUT2D eigenvalue weighted by Crippen LogP contribution is -2.46. The second kappa shape index (κ2) is 9.72. The van der Waals surface area contributed by atoms with Gasteiger partial charge in [-0.15, -0.1) is 0 Å². The SMILES string of the molecule is CC1(Cc2ccnc(NC(=O)c3ccccc3Cl)c2)NC(=O)N(c2ccc(S(=O)(=O)C(F)(F)F)cc2)C1=O. The van der Waals surface area contributed by atoms with Gasteiger partial charge in [-0.05, 0) is 61.0 Å². The molecule has 1 aromatic heterocycles. The molecular weight excluding hydrogens is 549 g/mol. The highest BCUT2D eigenvalue weighted by Crippen LogP contribution is 2.33. The third-order valence-corrected chi connectivity index (χ3v) is 7.54. The topological polar surface area (TPSA) is 126 Å². The zero-order valence-corrected chi connectivity index (χ0v) is 21.0. The first-order valence-electron chi connectivity index (χ1n) is 10.8. The van der Waals surface area contributed by atoms with E-state index in [4.69, 9.17) is 11.6 Å². The Morgan fingerprint density at radius 1 is 1.11 bits per heavy atom. The Balaban J connectivity index is 1.52. The summed E-state index contributed by atoms with van der Waals surface area (Å²) >= 11 is 6.05. The summed E-state index contributed by atoms with van der Waals surface area (Å²) in [5.41, 5.74) is -6.31. The van der Waals surface area contributed by atoms with Crippen molar-refractivity contribution in [2.24, 2.45) is 0 Å². The lowest BCUT2D eigenvalue weighted by Gasteiger charge is -2.22. The molecule has 1 unspecified atom stereocenters. The van der Waals surface area contributed by atoms with Gasteiger partial charge in [-0.1, -0.05) is 23.7 Å². The molecule has 0 spiro atoms. The summed E-state index contributed by atoms with van der Waals surface area (Å²) in [6, 6.07) is 11.9. The van der Waals surface area contributed by atoms with E-state index in [1.54, 1.807) is 24.3 Å². The van der Waals surface area contributed by atoms with Gasteiger partial charge in [0, 0.05) is 12.6 Å². The van der Waals surface area contributed by atoms with Crippen LogP contribution in [0.5, 0.6) is 0 Å². The number of amides is 4. The predicted octanol–water partition coefficient (Wildman–Crippen LogP) is 4.34. The Labute approximate surface area is 219 Å². The van der Waals surface area contributed by atoms with E-state index in [9.17, 15) is 36.0 Å². The standard InChI is InChI=1S/C24H18ClF3N4O5S/c1-23(13-14-10-11-29-19(12-14)30-20(33)17-4-2-3-5-18(17)25)21(34)32(22(35)31-23)15-6-8-16(9-7-15)38(36,37)24(26,27)28/h2-12H,13H2,1H3,(H,31,35)(H,29,30,33). The number of nitrogens with one attached hydrogen (secondary N) is 2. The number of anilines is 2. The second-order valence-corrected chi connectivity index (χ2v) is 10.9. The number of sulfone groups is 1. The van der Waals surface area contributed by atoms with Crippen LogP contribution in [0.25, 0.3) is 0 Å². The molecule has 2 heterocycles. The number of benzene rings is 2. The van der Waals surface area contributed by atoms with Crippen LogP contribution in [0, 0.1) is 0 Å². The molecule has 1 atom stereocenters. The van der Waals surface area contributed by atoms with Crippen molar-refractivity contribution in [3.63, 3.8) is 0 Å². The van der Waals surface area contributed by atoms with E-state index in [2.05, 4.69) is 15.6 Å². The molecule has 14 heteroatoms. The van der Waals surface area contributed by atoms with Gasteiger partial charge < -0.3 is 10.6 Å². The van der Waals surface area contributed by atoms with E-state index >= 15 is 0 Å². The fourth-order valence-electron chi connectivity index (χ4n) is 3.84. The maximum absolute atomic E-state index is 13.2. The van der Waals surface area contributed by atoms with Crippen LogP contribution < -0.4 is 15.5 Å². The van der Waals surface area contributed by atoms with Crippen LogP contribution in [-0.4, -0.2) is 42.3 Å². The smallest absolute Gasteiger partial charge is 0.323 e. The predicted molar refractivity (Wildman–Crippen MR) is 131 cm³/mol. The van der Waals surface area contributed by atoms with Crippen molar-refractivity contribution in [2.75, 3.05) is 10.2 Å². The Morgan fingerprint density at radius 2 is 1.76 bits per heavy atom. The monoisotopic (exact) mass is 566 g/mol. The number of imide groups is 1. The number of rotatable bonds is 6. The van der Waals surface area contributed by atoms with Crippen LogP contribution in [0.4, 0.5) is 29.5 Å². The molecule has 0 aliphatic carbocycles. The Bertz CT molecular complexity index is 1550. The number of halogens is 4. The fraction of sp³-hybridized carbons (Fsp3) is 0.167. The van der Waals surface area contributed by atoms with Gasteiger partial charge >= 0.3 is 11.5 Å². The zero-order valence-electron chi connectivity index (χ0n) is 19.4. The number of carbonyl (C=O) groups excluding carboxylic acids is 3. The van der Waals surface area contributed by atoms with Gasteiger partial charge in [0.25, 0.3) is 21.7 Å². The van der Waals surface area contributed by atoms with Crippen molar-refractivity contribution in [3.8, 4) is 0 Å². The van der Waals surface area contributed by atoms with Gasteiger partial charge in [0.15, 0.2) is 0 Å². The molecule has 1 saturated heterocycles. The van der Waals surface area contributed by atoms with Crippen LogP contribution >= 0.6 is 11.6 Å². The number of hydrogen-bond donors (Lipinski definition) is 2. The molecule has 1 fully saturated rings. The molecule has 4 amide bonds. The molecule has 38 heavy (non-hydrogen) atoms. The molecule has 2 aromatic carbocycles. The minimum absolute atomic E-state index is 0.0217. The van der Waals surface area contributed by atoms with E-state index in [0.29, 0.717) is 22.6 Å². The molecule has 0 bridgehead atoms. The van der Waals surface area contributed by atoms with Gasteiger partial charge in [-0.25, -0.2) is 23.1 Å². The highest BCUT2D eigenvalue weighted by atomic mass is 35.5. The van der Waals surface area contributed by atoms with Crippen LogP contribution in [0.2, 0.25) is 5.02 Å². The van der Waals surface area contributed by atoms with Gasteiger partial charge in [0.1, 0.15) is 11.4 Å². The molecule has 2 N–H and O–H groups in total. The van der Waals surface area contributed by atoms with Gasteiger partial charge in [0.05, 0.1) is 21.2 Å². The maximum atomic E-state index is 13.2. The second-order valence-electron chi connectivity index (χ2n) is 8.51. The molecule has 1 aliphatic heterocycles. The van der Waals surface area contributed by atoms with Crippen LogP contribution in [0.1, 0.15) is 22.8 Å². The first-order valence-corrected chi connectivity index (χ1v) is 12.7. The van der Waals surface area contributed by atoms with Crippen molar-refractivity contribution < 1.29 is 36.0 Å². The highest BCUT2D eigenvalue weighted by Gasteiger charge is 2.49. The van der Waals surface area contributed by atoms with Gasteiger partial charge in [-0.2, -0.15) is 13.2 Å². The molecule has 9 nitrogen and oxygen atoms in total. The third-order valence-electron chi connectivity index (χ3n) is 5.71. The number of alkyl halides is 3. The fourth-order valence-corrected chi connectivity index (χ4v) is 4.82. The first-order chi connectivity index (χ1) is 17.7. The van der Waals surface area contributed by atoms with E-state index < -0.39 is 43.6 Å². The molecule has 198 valence electrons. The number of carbonyl (C=O) groups is 3. The minimum atomic E-state index is -5.59. The quantitative estimate of drug-likeness (QED) is 0.428. The molecule has 1 aliphatic rings. The van der Waals surface area contributed by atoms with Crippen LogP contribution in [-0.2, 0) is 21.1 Å². The van der Waals surface area contributed by atoms with Crippen LogP contribution in [0.3, 0.4) is 0 Å². The lowest BCUT2D eigenvalue weighted by atomic mass is 9.93. The third kappa shape index (κ3) is 5.07. The Hall–Kier alpha value is -3.97. The molecule has 4 rings (SSSR count). The number of nitrogens with zero attached hydrogens (tertiary/aromatic N) is 2. The van der Waals surface area contributed by atoms with E-state index in [1.807, 2.05) is 0 Å². The van der Waals surface area contributed by atoms with Crippen molar-refractivity contribution in [1.29, 1.82) is 0 Å². The summed E-state index contributed by atoms with van der Waals surface area (Å²) in [7, 11) is -5.59. The number of pyridine rings is 1. The maximum Gasteiger partial charge on any atom is 0.501 e. The molecular formula is C24H18ClF3N4O5S. The number of hydrogen-bond acceptors (Lipinski definition) is 6. The largest absolute Gasteiger partial charge is 0.501 e. The number of aromatic nitrogens is 1. The normalized spacial score (nSPS) is 17.9. The summed E-state index contributed by atoms with van der Waals surface area (Å²) in [6.07, 6.45) is 1.38. The summed E-state index contributed by atoms with van der Waals surface area (Å²) in [6.45, 7) is 1.46. The molecule has 3 aromatic rings. The summed E-state index contributed by atoms with van der Waals surface area (Å²) < 4.78 is 61.6. The Morgan fingerprint density at radius 3 is 2.39 bits per heavy atom. The molecule has 0 saturated carbocycles. The Kier molecular flexibility index (Phi) is 6.93. The van der Waals surface area contributed by atoms with Crippen LogP contribution in [0.15, 0.2) is 71.8 Å². The minimum Gasteiger partial charge on any atom is -0.323 e. The summed E-state index contributed by atoms with van der Waals surface area (Å²) in [5.74, 6) is -1.04. The summed E-state index contributed by atoms with van der Waals surface area (Å²) in [5, 5.41) is 5.41. The first kappa shape index (κ1) is 27.1. The average molecular weight is 567 g/mol. The van der Waals surface area contributed by atoms with E-state index in [1.165, 1.54) is 25.3 Å². The van der Waals surface area contributed by atoms with Crippen molar-refractivity contribution >= 4 is 50.8 Å². The lowest BCUT2D eigenvalue weighted by molar-refractivity contribution is -0.121. The van der Waals surface area contributed by atoms with Gasteiger partial charge in [-0.3, -0.25) is 9.59 Å². The molecule has 0 radical (unpaired) electrons. The summed E-state index contributed by atoms with van der Waals surface area (Å²) in [4.78, 5) is 42.2. The van der Waals surface area contributed by atoms with Gasteiger partial charge in [0.2, 0.25) is 0 Å². The van der Waals surface area contributed by atoms with Crippen molar-refractivity contribution in [1.82, 2.24) is 10.3 Å². The number of urea groups is 1. The van der Waals surface area contributed by atoms with E-state index in [0.717, 1.165) is 12.1 Å². The van der Waals surface area contributed by atoms with Crippen molar-refractivity contribution in [3.05, 3.63) is 83.0 Å². The van der Waals surface area contributed by atoms with Crippen molar-refractivity contribution in [2.45, 2.75) is 29.3 Å².